The quantitative estimate of drug-likeness (QED) is 0.919. The van der Waals surface area contributed by atoms with Gasteiger partial charge in [-0.05, 0) is 47.1 Å². The van der Waals surface area contributed by atoms with Gasteiger partial charge < -0.3 is 5.32 Å². The number of aromatic nitrogens is 2. The van der Waals surface area contributed by atoms with Crippen molar-refractivity contribution in [1.82, 2.24) is 20.0 Å². The lowest BCUT2D eigenvalue weighted by Gasteiger charge is -2.51. The molecule has 4 nitrogen and oxygen atoms in total. The summed E-state index contributed by atoms with van der Waals surface area (Å²) in [6.45, 7) is 17.5. The van der Waals surface area contributed by atoms with Crippen molar-refractivity contribution >= 4 is 0 Å². The van der Waals surface area contributed by atoms with Crippen LogP contribution in [0, 0.1) is 6.92 Å². The van der Waals surface area contributed by atoms with Crippen molar-refractivity contribution in [2.45, 2.75) is 72.1 Å². The van der Waals surface area contributed by atoms with Gasteiger partial charge in [-0.2, -0.15) is 5.10 Å². The second-order valence-corrected chi connectivity index (χ2v) is 7.04. The number of nitrogens with zero attached hydrogens (tertiary/aromatic N) is 3. The van der Waals surface area contributed by atoms with Crippen molar-refractivity contribution in [3.8, 4) is 0 Å². The van der Waals surface area contributed by atoms with Gasteiger partial charge in [-0.3, -0.25) is 9.58 Å². The highest BCUT2D eigenvalue weighted by atomic mass is 15.3. The minimum Gasteiger partial charge on any atom is -0.309 e. The Balaban J connectivity index is 2.23. The molecule has 1 saturated heterocycles. The minimum atomic E-state index is 0.181. The van der Waals surface area contributed by atoms with Crippen molar-refractivity contribution in [3.05, 3.63) is 17.5 Å². The zero-order valence-electron chi connectivity index (χ0n) is 14.0. The summed E-state index contributed by atoms with van der Waals surface area (Å²) in [5.74, 6) is 0. The first-order valence-electron chi connectivity index (χ1n) is 7.83. The molecule has 1 fully saturated rings. The van der Waals surface area contributed by atoms with Crippen LogP contribution in [0.25, 0.3) is 0 Å². The number of hydrogen-bond donors (Lipinski definition) is 1. The highest BCUT2D eigenvalue weighted by Gasteiger charge is 2.39. The van der Waals surface area contributed by atoms with E-state index in [1.807, 2.05) is 0 Å². The van der Waals surface area contributed by atoms with E-state index in [1.54, 1.807) is 0 Å². The largest absolute Gasteiger partial charge is 0.309 e. The van der Waals surface area contributed by atoms with Crippen LogP contribution in [-0.4, -0.2) is 38.8 Å². The van der Waals surface area contributed by atoms with Crippen LogP contribution in [0.4, 0.5) is 0 Å². The van der Waals surface area contributed by atoms with Crippen molar-refractivity contribution < 1.29 is 0 Å². The Bertz CT molecular complexity index is 463. The second kappa shape index (κ2) is 5.49. The topological polar surface area (TPSA) is 33.1 Å². The van der Waals surface area contributed by atoms with Gasteiger partial charge in [-0.15, -0.1) is 0 Å². The molecule has 0 aliphatic carbocycles. The van der Waals surface area contributed by atoms with Crippen LogP contribution in [0.5, 0.6) is 0 Å². The predicted molar refractivity (Wildman–Crippen MR) is 83.8 cm³/mol. The van der Waals surface area contributed by atoms with E-state index in [2.05, 4.69) is 67.6 Å². The van der Waals surface area contributed by atoms with Gasteiger partial charge in [0.05, 0.1) is 11.4 Å². The van der Waals surface area contributed by atoms with Crippen molar-refractivity contribution in [2.75, 3.05) is 13.1 Å². The molecule has 1 unspecified atom stereocenters. The second-order valence-electron chi connectivity index (χ2n) is 7.04. The molecule has 0 amide bonds. The molecule has 0 aromatic carbocycles. The summed E-state index contributed by atoms with van der Waals surface area (Å²) < 4.78 is 2.14. The zero-order chi connectivity index (χ0) is 15.0. The summed E-state index contributed by atoms with van der Waals surface area (Å²) in [7, 11) is 0. The van der Waals surface area contributed by atoms with E-state index < -0.39 is 0 Å². The van der Waals surface area contributed by atoms with E-state index in [-0.39, 0.29) is 11.1 Å². The van der Waals surface area contributed by atoms with Crippen LogP contribution in [0.3, 0.4) is 0 Å². The van der Waals surface area contributed by atoms with Crippen LogP contribution < -0.4 is 5.32 Å². The molecule has 0 radical (unpaired) electrons. The van der Waals surface area contributed by atoms with Crippen molar-refractivity contribution in [1.29, 1.82) is 0 Å². The summed E-state index contributed by atoms with van der Waals surface area (Å²) in [5, 5.41) is 8.26. The van der Waals surface area contributed by atoms with Crippen LogP contribution in [0.15, 0.2) is 6.07 Å². The van der Waals surface area contributed by atoms with Gasteiger partial charge in [0.25, 0.3) is 0 Å². The van der Waals surface area contributed by atoms with Crippen LogP contribution in [-0.2, 0) is 13.1 Å². The SMILES string of the molecule is CCn1nc(C)cc1CN1CC(C)(C)NCC1(C)CC. The van der Waals surface area contributed by atoms with Gasteiger partial charge in [0.15, 0.2) is 0 Å². The summed E-state index contributed by atoms with van der Waals surface area (Å²) in [4.78, 5) is 2.63. The molecule has 0 bridgehead atoms. The lowest BCUT2D eigenvalue weighted by molar-refractivity contribution is 0.0156. The van der Waals surface area contributed by atoms with E-state index >= 15 is 0 Å². The number of nitrogens with one attached hydrogen (secondary N) is 1. The number of aryl methyl sites for hydroxylation is 2. The molecular formula is C16H30N4. The number of rotatable bonds is 4. The standard InChI is InChI=1S/C16H30N4/c1-7-16(6)11-17-15(4,5)12-19(16)10-14-9-13(3)18-20(14)8-2/h9,17H,7-8,10-12H2,1-6H3. The van der Waals surface area contributed by atoms with Gasteiger partial charge in [-0.1, -0.05) is 6.92 Å². The van der Waals surface area contributed by atoms with Gasteiger partial charge >= 0.3 is 0 Å². The Labute approximate surface area is 123 Å². The van der Waals surface area contributed by atoms with Gasteiger partial charge in [-0.25, -0.2) is 0 Å². The van der Waals surface area contributed by atoms with Gasteiger partial charge in [0.2, 0.25) is 0 Å². The molecule has 1 aliphatic heterocycles. The summed E-state index contributed by atoms with van der Waals surface area (Å²) in [6, 6.07) is 2.23. The summed E-state index contributed by atoms with van der Waals surface area (Å²) in [6.07, 6.45) is 1.16. The Hall–Kier alpha value is -0.870. The molecule has 0 saturated carbocycles. The van der Waals surface area contributed by atoms with Crippen molar-refractivity contribution in [2.24, 2.45) is 0 Å². The van der Waals surface area contributed by atoms with Crippen LogP contribution >= 0.6 is 0 Å². The third kappa shape index (κ3) is 3.07. The molecular weight excluding hydrogens is 248 g/mol. The molecule has 0 spiro atoms. The minimum absolute atomic E-state index is 0.181. The Morgan fingerprint density at radius 2 is 2.00 bits per heavy atom. The number of piperazine rings is 1. The van der Waals surface area contributed by atoms with E-state index in [4.69, 9.17) is 0 Å². The fourth-order valence-electron chi connectivity index (χ4n) is 3.06. The normalized spacial score (nSPS) is 26.9. The van der Waals surface area contributed by atoms with E-state index in [0.717, 1.165) is 38.3 Å². The molecule has 1 atom stereocenters. The average Bonchev–Trinajstić information content (AvgIpc) is 2.74. The van der Waals surface area contributed by atoms with Crippen LogP contribution in [0.2, 0.25) is 0 Å². The molecule has 1 N–H and O–H groups in total. The lowest BCUT2D eigenvalue weighted by Crippen LogP contribution is -2.66. The number of hydrogen-bond acceptors (Lipinski definition) is 3. The Morgan fingerprint density at radius 3 is 2.60 bits per heavy atom. The Morgan fingerprint density at radius 1 is 1.30 bits per heavy atom. The van der Waals surface area contributed by atoms with E-state index in [1.165, 1.54) is 5.69 Å². The van der Waals surface area contributed by atoms with Gasteiger partial charge in [0, 0.05) is 37.3 Å². The molecule has 2 rings (SSSR count). The van der Waals surface area contributed by atoms with Gasteiger partial charge in [0.1, 0.15) is 0 Å². The third-order valence-electron chi connectivity index (χ3n) is 4.70. The third-order valence-corrected chi connectivity index (χ3v) is 4.70. The monoisotopic (exact) mass is 278 g/mol. The first-order chi connectivity index (χ1) is 9.29. The lowest BCUT2D eigenvalue weighted by atomic mass is 9.88. The van der Waals surface area contributed by atoms with Crippen LogP contribution in [0.1, 0.15) is 52.4 Å². The maximum absolute atomic E-state index is 4.58. The summed E-state index contributed by atoms with van der Waals surface area (Å²) in [5.41, 5.74) is 2.87. The fourth-order valence-corrected chi connectivity index (χ4v) is 3.06. The molecule has 1 aromatic rings. The Kier molecular flexibility index (Phi) is 4.26. The molecule has 114 valence electrons. The average molecular weight is 278 g/mol. The molecule has 1 aliphatic rings. The summed E-state index contributed by atoms with van der Waals surface area (Å²) >= 11 is 0. The highest BCUT2D eigenvalue weighted by Crippen LogP contribution is 2.28. The zero-order valence-corrected chi connectivity index (χ0v) is 14.0. The first kappa shape index (κ1) is 15.5. The van der Waals surface area contributed by atoms with E-state index in [0.29, 0.717) is 0 Å². The maximum atomic E-state index is 4.58. The van der Waals surface area contributed by atoms with E-state index in [9.17, 15) is 0 Å². The first-order valence-corrected chi connectivity index (χ1v) is 7.83. The smallest absolute Gasteiger partial charge is 0.0597 e. The maximum Gasteiger partial charge on any atom is 0.0597 e. The molecule has 1 aromatic heterocycles. The fraction of sp³-hybridized carbons (Fsp3) is 0.812. The predicted octanol–water partition coefficient (Wildman–Crippen LogP) is 2.56. The van der Waals surface area contributed by atoms with Crippen molar-refractivity contribution in [3.63, 3.8) is 0 Å². The highest BCUT2D eigenvalue weighted by molar-refractivity contribution is 5.11. The molecule has 4 heteroatoms. The molecule has 20 heavy (non-hydrogen) atoms. The molecule has 2 heterocycles.